The molecule has 30 heavy (non-hydrogen) atoms. The number of para-hydroxylation sites is 1. The SMILES string of the molecule is COc1ccc(N2C(=O)c3cnc4c(c(C)nn4-c4ccccc4F)c3C2=O)cc1. The molecule has 0 bridgehead atoms. The third-order valence-corrected chi connectivity index (χ3v) is 5.13. The van der Waals surface area contributed by atoms with Crippen LogP contribution in [-0.4, -0.2) is 33.7 Å². The number of nitrogens with zero attached hydrogens (tertiary/aromatic N) is 4. The fraction of sp³-hybridized carbons (Fsp3) is 0.0909. The molecule has 0 fully saturated rings. The average molecular weight is 402 g/mol. The largest absolute Gasteiger partial charge is 0.497 e. The van der Waals surface area contributed by atoms with E-state index in [1.54, 1.807) is 49.4 Å². The molecule has 2 amide bonds. The fourth-order valence-corrected chi connectivity index (χ4v) is 3.72. The Morgan fingerprint density at radius 2 is 1.73 bits per heavy atom. The molecule has 0 atom stereocenters. The number of benzene rings is 2. The smallest absolute Gasteiger partial charge is 0.267 e. The Labute approximate surface area is 170 Å². The van der Waals surface area contributed by atoms with Crippen molar-refractivity contribution >= 4 is 28.5 Å². The van der Waals surface area contributed by atoms with Crippen LogP contribution in [0.3, 0.4) is 0 Å². The summed E-state index contributed by atoms with van der Waals surface area (Å²) in [6.07, 6.45) is 1.35. The number of hydrogen-bond acceptors (Lipinski definition) is 5. The van der Waals surface area contributed by atoms with Gasteiger partial charge >= 0.3 is 0 Å². The number of hydrogen-bond donors (Lipinski definition) is 0. The van der Waals surface area contributed by atoms with E-state index in [1.807, 2.05) is 0 Å². The van der Waals surface area contributed by atoms with Crippen LogP contribution in [0.15, 0.2) is 54.7 Å². The van der Waals surface area contributed by atoms with Gasteiger partial charge in [0.05, 0.1) is 35.0 Å². The zero-order chi connectivity index (χ0) is 21.0. The number of carbonyl (C=O) groups is 2. The van der Waals surface area contributed by atoms with Crippen molar-refractivity contribution in [3.05, 3.63) is 77.4 Å². The number of carbonyl (C=O) groups excluding carboxylic acids is 2. The lowest BCUT2D eigenvalue weighted by Crippen LogP contribution is -2.29. The van der Waals surface area contributed by atoms with E-state index >= 15 is 0 Å². The summed E-state index contributed by atoms with van der Waals surface area (Å²) < 4.78 is 20.8. The van der Waals surface area contributed by atoms with Gasteiger partial charge in [0, 0.05) is 6.20 Å². The van der Waals surface area contributed by atoms with Gasteiger partial charge in [0.2, 0.25) is 0 Å². The van der Waals surface area contributed by atoms with Crippen molar-refractivity contribution in [1.29, 1.82) is 0 Å². The number of ether oxygens (including phenoxy) is 1. The summed E-state index contributed by atoms with van der Waals surface area (Å²) in [5.41, 5.74) is 1.85. The number of anilines is 1. The highest BCUT2D eigenvalue weighted by Crippen LogP contribution is 2.35. The molecular weight excluding hydrogens is 387 g/mol. The van der Waals surface area contributed by atoms with E-state index in [0.717, 1.165) is 4.90 Å². The molecular formula is C22H15FN4O3. The average Bonchev–Trinajstić information content (AvgIpc) is 3.22. The van der Waals surface area contributed by atoms with E-state index in [-0.39, 0.29) is 16.8 Å². The highest BCUT2D eigenvalue weighted by molar-refractivity contribution is 6.37. The number of aryl methyl sites for hydroxylation is 1. The highest BCUT2D eigenvalue weighted by atomic mass is 19.1. The molecule has 0 saturated carbocycles. The molecule has 1 aliphatic heterocycles. The summed E-state index contributed by atoms with van der Waals surface area (Å²) >= 11 is 0. The van der Waals surface area contributed by atoms with Gasteiger partial charge in [-0.25, -0.2) is 19.0 Å². The van der Waals surface area contributed by atoms with Crippen molar-refractivity contribution in [3.63, 3.8) is 0 Å². The van der Waals surface area contributed by atoms with Gasteiger partial charge in [0.15, 0.2) is 5.65 Å². The minimum atomic E-state index is -0.469. The van der Waals surface area contributed by atoms with Gasteiger partial charge in [-0.3, -0.25) is 9.59 Å². The Hall–Kier alpha value is -4.07. The lowest BCUT2D eigenvalue weighted by Gasteiger charge is -2.14. The molecule has 1 aliphatic rings. The second-order valence-electron chi connectivity index (χ2n) is 6.84. The summed E-state index contributed by atoms with van der Waals surface area (Å²) in [5, 5.41) is 4.83. The standard InChI is InChI=1S/C22H15FN4O3/c1-12-18-19-15(11-24-20(18)27(25-12)17-6-4-3-5-16(17)23)21(28)26(22(19)29)13-7-9-14(30-2)10-8-13/h3-11H,1-2H3. The first kappa shape index (κ1) is 18.0. The first-order chi connectivity index (χ1) is 14.5. The first-order valence-electron chi connectivity index (χ1n) is 9.17. The third-order valence-electron chi connectivity index (χ3n) is 5.13. The molecule has 0 radical (unpaired) electrons. The molecule has 4 aromatic rings. The highest BCUT2D eigenvalue weighted by Gasteiger charge is 2.40. The number of halogens is 1. The van der Waals surface area contributed by atoms with Crippen LogP contribution in [0.4, 0.5) is 10.1 Å². The second kappa shape index (κ2) is 6.48. The third kappa shape index (κ3) is 2.43. The van der Waals surface area contributed by atoms with Gasteiger partial charge in [0.25, 0.3) is 11.8 Å². The Bertz CT molecular complexity index is 1340. The molecule has 2 aromatic heterocycles. The molecule has 7 nitrogen and oxygen atoms in total. The van der Waals surface area contributed by atoms with Crippen LogP contribution >= 0.6 is 0 Å². The van der Waals surface area contributed by atoms with Gasteiger partial charge in [-0.1, -0.05) is 12.1 Å². The van der Waals surface area contributed by atoms with E-state index < -0.39 is 17.6 Å². The number of pyridine rings is 1. The fourth-order valence-electron chi connectivity index (χ4n) is 3.72. The van der Waals surface area contributed by atoms with E-state index in [2.05, 4.69) is 10.1 Å². The molecule has 5 rings (SSSR count). The zero-order valence-corrected chi connectivity index (χ0v) is 16.1. The summed E-state index contributed by atoms with van der Waals surface area (Å²) in [6.45, 7) is 1.70. The number of fused-ring (bicyclic) bond motifs is 3. The predicted octanol–water partition coefficient (Wildman–Crippen LogP) is 3.68. The number of imide groups is 1. The predicted molar refractivity (Wildman–Crippen MR) is 108 cm³/mol. The van der Waals surface area contributed by atoms with Gasteiger partial charge < -0.3 is 4.74 Å². The Balaban J connectivity index is 1.69. The van der Waals surface area contributed by atoms with Gasteiger partial charge in [-0.2, -0.15) is 5.10 Å². The Morgan fingerprint density at radius 1 is 1.00 bits per heavy atom. The minimum absolute atomic E-state index is 0.194. The summed E-state index contributed by atoms with van der Waals surface area (Å²) in [4.78, 5) is 31.7. The number of rotatable bonds is 3. The van der Waals surface area contributed by atoms with Crippen molar-refractivity contribution in [1.82, 2.24) is 14.8 Å². The Morgan fingerprint density at radius 3 is 2.43 bits per heavy atom. The number of methoxy groups -OCH3 is 1. The van der Waals surface area contributed by atoms with Crippen LogP contribution in [0.1, 0.15) is 26.4 Å². The molecule has 0 aliphatic carbocycles. The zero-order valence-electron chi connectivity index (χ0n) is 16.1. The maximum Gasteiger partial charge on any atom is 0.267 e. The second-order valence-corrected chi connectivity index (χ2v) is 6.84. The van der Waals surface area contributed by atoms with Crippen LogP contribution in [0.5, 0.6) is 5.75 Å². The molecule has 0 saturated heterocycles. The van der Waals surface area contributed by atoms with Crippen LogP contribution < -0.4 is 9.64 Å². The van der Waals surface area contributed by atoms with Gasteiger partial charge in [0.1, 0.15) is 17.3 Å². The molecule has 8 heteroatoms. The lowest BCUT2D eigenvalue weighted by molar-refractivity contribution is 0.0926. The van der Waals surface area contributed by atoms with Crippen molar-refractivity contribution in [2.24, 2.45) is 0 Å². The minimum Gasteiger partial charge on any atom is -0.497 e. The summed E-state index contributed by atoms with van der Waals surface area (Å²) in [5.74, 6) is -0.788. The molecule has 3 heterocycles. The van der Waals surface area contributed by atoms with E-state index in [1.165, 1.54) is 24.1 Å². The molecule has 148 valence electrons. The lowest BCUT2D eigenvalue weighted by atomic mass is 10.1. The molecule has 2 aromatic carbocycles. The topological polar surface area (TPSA) is 77.3 Å². The van der Waals surface area contributed by atoms with Crippen LogP contribution in [0.25, 0.3) is 16.7 Å². The van der Waals surface area contributed by atoms with Crippen LogP contribution in [0, 0.1) is 12.7 Å². The van der Waals surface area contributed by atoms with E-state index in [0.29, 0.717) is 28.2 Å². The monoisotopic (exact) mass is 402 g/mol. The van der Waals surface area contributed by atoms with Crippen molar-refractivity contribution in [3.8, 4) is 11.4 Å². The van der Waals surface area contributed by atoms with Crippen molar-refractivity contribution in [2.45, 2.75) is 6.92 Å². The molecule has 0 unspecified atom stereocenters. The Kier molecular flexibility index (Phi) is 3.89. The quantitative estimate of drug-likeness (QED) is 0.489. The van der Waals surface area contributed by atoms with Crippen molar-refractivity contribution in [2.75, 3.05) is 12.0 Å². The van der Waals surface area contributed by atoms with Crippen molar-refractivity contribution < 1.29 is 18.7 Å². The maximum absolute atomic E-state index is 14.3. The number of amides is 2. The van der Waals surface area contributed by atoms with E-state index in [4.69, 9.17) is 4.74 Å². The van der Waals surface area contributed by atoms with Crippen LogP contribution in [-0.2, 0) is 0 Å². The summed E-state index contributed by atoms with van der Waals surface area (Å²) in [6, 6.07) is 12.8. The number of aromatic nitrogens is 3. The molecule has 0 spiro atoms. The van der Waals surface area contributed by atoms with Gasteiger partial charge in [-0.05, 0) is 43.3 Å². The van der Waals surface area contributed by atoms with Gasteiger partial charge in [-0.15, -0.1) is 0 Å². The molecule has 0 N–H and O–H groups in total. The maximum atomic E-state index is 14.3. The first-order valence-corrected chi connectivity index (χ1v) is 9.17. The summed E-state index contributed by atoms with van der Waals surface area (Å²) in [7, 11) is 1.54. The normalized spacial score (nSPS) is 13.2. The van der Waals surface area contributed by atoms with E-state index in [9.17, 15) is 14.0 Å². The van der Waals surface area contributed by atoms with Crippen LogP contribution in [0.2, 0.25) is 0 Å².